The number of nitrogens with two attached hydrogens (primary N) is 1. The van der Waals surface area contributed by atoms with Gasteiger partial charge in [0.2, 0.25) is 15.9 Å². The van der Waals surface area contributed by atoms with E-state index in [-0.39, 0.29) is 12.1 Å². The maximum atomic E-state index is 13.2. The zero-order valence-corrected chi connectivity index (χ0v) is 25.6. The highest BCUT2D eigenvalue weighted by Crippen LogP contribution is 2.25. The minimum atomic E-state index is -3.32. The molecule has 1 aliphatic rings. The van der Waals surface area contributed by atoms with Gasteiger partial charge in [-0.15, -0.1) is 0 Å². The first kappa shape index (κ1) is 31.8. The number of ether oxygens (including phenoxy) is 1. The molecule has 0 atom stereocenters. The maximum Gasteiger partial charge on any atom is 0.317 e. The summed E-state index contributed by atoms with van der Waals surface area (Å²) in [5.41, 5.74) is 8.32. The molecule has 3 amide bonds. The lowest BCUT2D eigenvalue weighted by molar-refractivity contribution is 0.1000. The minimum absolute atomic E-state index is 0.0757. The van der Waals surface area contributed by atoms with Gasteiger partial charge in [0, 0.05) is 50.0 Å². The molecule has 11 heteroatoms. The van der Waals surface area contributed by atoms with E-state index in [0.29, 0.717) is 35.8 Å². The van der Waals surface area contributed by atoms with Crippen LogP contribution in [-0.2, 0) is 23.1 Å². The van der Waals surface area contributed by atoms with Crippen molar-refractivity contribution >= 4 is 27.6 Å². The van der Waals surface area contributed by atoms with Gasteiger partial charge in [0.15, 0.2) is 0 Å². The summed E-state index contributed by atoms with van der Waals surface area (Å²) in [4.78, 5) is 29.1. The number of sulfonamides is 1. The SMILES string of the molecule is CCCCN(C(=O)NCc1cccc(C(N)=O)c1)C1CCN(Cc2ccc(Oc3ccc(NS(C)(=O)=O)cc3)cc2)CC1. The van der Waals surface area contributed by atoms with Crippen LogP contribution in [0.3, 0.4) is 0 Å². The number of benzene rings is 3. The summed E-state index contributed by atoms with van der Waals surface area (Å²) in [7, 11) is -3.32. The van der Waals surface area contributed by atoms with E-state index in [1.54, 1.807) is 42.5 Å². The van der Waals surface area contributed by atoms with Crippen molar-refractivity contribution in [3.05, 3.63) is 89.5 Å². The van der Waals surface area contributed by atoms with Gasteiger partial charge in [-0.2, -0.15) is 0 Å². The molecule has 3 aromatic rings. The largest absolute Gasteiger partial charge is 0.457 e. The molecule has 0 aliphatic carbocycles. The molecule has 1 aliphatic heterocycles. The van der Waals surface area contributed by atoms with Crippen molar-refractivity contribution in [3.8, 4) is 11.5 Å². The Morgan fingerprint density at radius 3 is 2.23 bits per heavy atom. The van der Waals surface area contributed by atoms with Gasteiger partial charge in [-0.05, 0) is 78.9 Å². The van der Waals surface area contributed by atoms with Gasteiger partial charge in [-0.25, -0.2) is 13.2 Å². The number of anilines is 1. The molecule has 4 rings (SSSR count). The van der Waals surface area contributed by atoms with Crippen molar-refractivity contribution in [2.75, 3.05) is 30.6 Å². The van der Waals surface area contributed by atoms with Crippen molar-refractivity contribution in [2.45, 2.75) is 51.7 Å². The van der Waals surface area contributed by atoms with Crippen LogP contribution >= 0.6 is 0 Å². The van der Waals surface area contributed by atoms with Crippen molar-refractivity contribution in [2.24, 2.45) is 5.73 Å². The lowest BCUT2D eigenvalue weighted by atomic mass is 10.0. The van der Waals surface area contributed by atoms with Gasteiger partial charge in [0.1, 0.15) is 11.5 Å². The molecule has 43 heavy (non-hydrogen) atoms. The first-order valence-electron chi connectivity index (χ1n) is 14.6. The average molecular weight is 608 g/mol. The van der Waals surface area contributed by atoms with E-state index in [1.807, 2.05) is 23.1 Å². The second kappa shape index (κ2) is 14.9. The summed E-state index contributed by atoms with van der Waals surface area (Å²) in [5, 5.41) is 3.04. The van der Waals surface area contributed by atoms with Gasteiger partial charge in [-0.3, -0.25) is 14.4 Å². The minimum Gasteiger partial charge on any atom is -0.457 e. The van der Waals surface area contributed by atoms with E-state index in [1.165, 1.54) is 5.56 Å². The van der Waals surface area contributed by atoms with Crippen LogP contribution in [0.5, 0.6) is 11.5 Å². The molecule has 0 bridgehead atoms. The Bertz CT molecular complexity index is 1470. The quantitative estimate of drug-likeness (QED) is 0.252. The molecule has 0 saturated carbocycles. The Kier molecular flexibility index (Phi) is 11.0. The van der Waals surface area contributed by atoms with Crippen LogP contribution in [0.15, 0.2) is 72.8 Å². The average Bonchev–Trinajstić information content (AvgIpc) is 2.98. The molecule has 0 aromatic heterocycles. The molecule has 1 fully saturated rings. The number of hydrogen-bond acceptors (Lipinski definition) is 6. The molecule has 0 spiro atoms. The molecule has 3 aromatic carbocycles. The van der Waals surface area contributed by atoms with Gasteiger partial charge in [0.25, 0.3) is 0 Å². The fraction of sp³-hybridized carbons (Fsp3) is 0.375. The first-order valence-corrected chi connectivity index (χ1v) is 16.5. The second-order valence-corrected chi connectivity index (χ2v) is 12.7. The number of nitrogens with zero attached hydrogens (tertiary/aromatic N) is 2. The summed E-state index contributed by atoms with van der Waals surface area (Å²) < 4.78 is 31.1. The van der Waals surface area contributed by atoms with E-state index in [2.05, 4.69) is 34.0 Å². The number of nitrogens with one attached hydrogen (secondary N) is 2. The number of urea groups is 1. The Morgan fingerprint density at radius 2 is 1.63 bits per heavy atom. The molecule has 1 saturated heterocycles. The number of likely N-dealkylation sites (tertiary alicyclic amines) is 1. The van der Waals surface area contributed by atoms with Crippen molar-refractivity contribution < 1.29 is 22.7 Å². The molecule has 230 valence electrons. The van der Waals surface area contributed by atoms with Crippen LogP contribution in [-0.4, -0.2) is 62.1 Å². The van der Waals surface area contributed by atoms with E-state index in [4.69, 9.17) is 10.5 Å². The topological polar surface area (TPSA) is 134 Å². The number of carbonyl (C=O) groups is 2. The van der Waals surface area contributed by atoms with E-state index >= 15 is 0 Å². The first-order chi connectivity index (χ1) is 20.6. The smallest absolute Gasteiger partial charge is 0.317 e. The van der Waals surface area contributed by atoms with Gasteiger partial charge >= 0.3 is 6.03 Å². The monoisotopic (exact) mass is 607 g/mol. The molecule has 1 heterocycles. The number of carbonyl (C=O) groups excluding carboxylic acids is 2. The third-order valence-corrected chi connectivity index (χ3v) is 8.00. The standard InChI is InChI=1S/C32H41N5O5S/c1-3-4-18-37(32(39)34-22-25-6-5-7-26(21-25)31(33)38)28-16-19-36(20-17-28)23-24-8-12-29(13-9-24)42-30-14-10-27(11-15-30)35-43(2,40)41/h5-15,21,28,35H,3-4,16-20,22-23H2,1-2H3,(H2,33,38)(H,34,39). The Balaban J connectivity index is 1.26. The molecule has 0 radical (unpaired) electrons. The van der Waals surface area contributed by atoms with Crippen LogP contribution in [0.1, 0.15) is 54.1 Å². The van der Waals surface area contributed by atoms with Gasteiger partial charge < -0.3 is 20.7 Å². The molecule has 4 N–H and O–H groups in total. The highest BCUT2D eigenvalue weighted by atomic mass is 32.2. The highest BCUT2D eigenvalue weighted by Gasteiger charge is 2.27. The predicted octanol–water partition coefficient (Wildman–Crippen LogP) is 4.93. The summed E-state index contributed by atoms with van der Waals surface area (Å²) >= 11 is 0. The van der Waals surface area contributed by atoms with Crippen molar-refractivity contribution in [1.82, 2.24) is 15.1 Å². The third kappa shape index (κ3) is 10.0. The fourth-order valence-electron chi connectivity index (χ4n) is 5.14. The molecular weight excluding hydrogens is 566 g/mol. The van der Waals surface area contributed by atoms with Crippen LogP contribution in [0.4, 0.5) is 10.5 Å². The Morgan fingerprint density at radius 1 is 0.977 bits per heavy atom. The van der Waals surface area contributed by atoms with Crippen LogP contribution in [0, 0.1) is 0 Å². The molecular formula is C32H41N5O5S. The number of unbranched alkanes of at least 4 members (excludes halogenated alkanes) is 1. The third-order valence-electron chi connectivity index (χ3n) is 7.39. The number of amides is 3. The predicted molar refractivity (Wildman–Crippen MR) is 169 cm³/mol. The van der Waals surface area contributed by atoms with Gasteiger partial charge in [0.05, 0.1) is 6.26 Å². The number of piperidine rings is 1. The Labute approximate surface area is 254 Å². The van der Waals surface area contributed by atoms with Crippen LogP contribution in [0.2, 0.25) is 0 Å². The number of hydrogen-bond donors (Lipinski definition) is 3. The van der Waals surface area contributed by atoms with E-state index in [0.717, 1.165) is 57.1 Å². The maximum absolute atomic E-state index is 13.2. The number of rotatable bonds is 13. The number of primary amides is 1. The van der Waals surface area contributed by atoms with E-state index < -0.39 is 15.9 Å². The molecule has 10 nitrogen and oxygen atoms in total. The lowest BCUT2D eigenvalue weighted by Crippen LogP contribution is -2.50. The van der Waals surface area contributed by atoms with Gasteiger partial charge in [-0.1, -0.05) is 37.6 Å². The van der Waals surface area contributed by atoms with Crippen LogP contribution < -0.4 is 20.5 Å². The summed E-state index contributed by atoms with van der Waals surface area (Å²) in [6, 6.07) is 21.9. The molecule has 0 unspecified atom stereocenters. The highest BCUT2D eigenvalue weighted by molar-refractivity contribution is 7.92. The zero-order chi connectivity index (χ0) is 30.8. The summed E-state index contributed by atoms with van der Waals surface area (Å²) in [5.74, 6) is 0.831. The lowest BCUT2D eigenvalue weighted by Gasteiger charge is -2.38. The fourth-order valence-corrected chi connectivity index (χ4v) is 5.71. The Hall–Kier alpha value is -4.09. The summed E-state index contributed by atoms with van der Waals surface area (Å²) in [6.45, 7) is 5.79. The van der Waals surface area contributed by atoms with E-state index in [9.17, 15) is 18.0 Å². The zero-order valence-electron chi connectivity index (χ0n) is 24.8. The normalized spacial score (nSPS) is 14.2. The van der Waals surface area contributed by atoms with Crippen LogP contribution in [0.25, 0.3) is 0 Å². The van der Waals surface area contributed by atoms with Crippen molar-refractivity contribution in [3.63, 3.8) is 0 Å². The van der Waals surface area contributed by atoms with Crippen molar-refractivity contribution in [1.29, 1.82) is 0 Å². The summed E-state index contributed by atoms with van der Waals surface area (Å²) in [6.07, 6.45) is 4.87. The second-order valence-electron chi connectivity index (χ2n) is 10.9.